The summed E-state index contributed by atoms with van der Waals surface area (Å²) < 4.78 is 28.1. The van der Waals surface area contributed by atoms with E-state index in [0.29, 0.717) is 10.8 Å². The summed E-state index contributed by atoms with van der Waals surface area (Å²) in [5, 5.41) is 0. The number of hydrogen-bond donors (Lipinski definition) is 0. The number of aryl methyl sites for hydroxylation is 1. The van der Waals surface area contributed by atoms with Crippen molar-refractivity contribution in [2.75, 3.05) is 11.5 Å². The van der Waals surface area contributed by atoms with E-state index in [4.69, 9.17) is 0 Å². The average Bonchev–Trinajstić information content (AvgIpc) is 2.55. The number of benzene rings is 1. The third-order valence-electron chi connectivity index (χ3n) is 4.68. The van der Waals surface area contributed by atoms with Gasteiger partial charge in [-0.2, -0.15) is 0 Å². The van der Waals surface area contributed by atoms with E-state index in [1.165, 1.54) is 6.42 Å². The molecule has 0 bridgehead atoms. The summed E-state index contributed by atoms with van der Waals surface area (Å²) >= 11 is 3.96. The molecule has 3 nitrogen and oxygen atoms in total. The van der Waals surface area contributed by atoms with Crippen LogP contribution < -0.4 is 0 Å². The lowest BCUT2D eigenvalue weighted by molar-refractivity contribution is 0.310. The molecular weight excluding hydrogens is 370 g/mol. The Balaban J connectivity index is 1.94. The van der Waals surface area contributed by atoms with Crippen molar-refractivity contribution < 1.29 is 8.42 Å². The molecule has 1 aromatic carbocycles. The molecule has 138 valence electrons. The van der Waals surface area contributed by atoms with Crippen LogP contribution in [0.25, 0.3) is 0 Å². The molecule has 0 unspecified atom stereocenters. The monoisotopic (exact) mass is 397 g/mol. The van der Waals surface area contributed by atoms with Crippen LogP contribution in [0, 0.1) is 12.8 Å². The first-order valence-corrected chi connectivity index (χ1v) is 12.3. The molecule has 0 amide bonds. The van der Waals surface area contributed by atoms with Crippen molar-refractivity contribution in [2.24, 2.45) is 5.92 Å². The average molecular weight is 398 g/mol. The van der Waals surface area contributed by atoms with Crippen molar-refractivity contribution in [1.82, 2.24) is 4.31 Å². The van der Waals surface area contributed by atoms with Gasteiger partial charge in [-0.1, -0.05) is 31.5 Å². The van der Waals surface area contributed by atoms with Gasteiger partial charge in [-0.05, 0) is 61.8 Å². The minimum absolute atomic E-state index is 0.0226. The van der Waals surface area contributed by atoms with E-state index in [1.807, 2.05) is 48.8 Å². The van der Waals surface area contributed by atoms with Gasteiger partial charge in [0.1, 0.15) is 0 Å². The largest absolute Gasteiger partial charge is 0.270 e. The van der Waals surface area contributed by atoms with E-state index in [-0.39, 0.29) is 10.1 Å². The number of thioether (sulfide) groups is 2. The van der Waals surface area contributed by atoms with Crippen molar-refractivity contribution in [3.63, 3.8) is 0 Å². The fraction of sp³-hybridized carbons (Fsp3) is 0.579. The predicted molar refractivity (Wildman–Crippen MR) is 109 cm³/mol. The zero-order chi connectivity index (χ0) is 18.1. The highest BCUT2D eigenvalue weighted by Gasteiger charge is 2.42. The van der Waals surface area contributed by atoms with E-state index < -0.39 is 10.0 Å². The second-order valence-corrected chi connectivity index (χ2v) is 12.3. The Bertz CT molecular complexity index is 720. The molecule has 0 aromatic heterocycles. The standard InChI is InChI=1S/C19H27NO2S3/c1-15(2)13-17-14-19(23-11-4-12-24-19)9-10-20(17)25(21,22)18-7-5-16(3)6-8-18/h5-10,15,17H,4,11-14H2,1-3H3/t17-/m0/s1. The maximum absolute atomic E-state index is 13.2. The van der Waals surface area contributed by atoms with E-state index in [9.17, 15) is 8.42 Å². The van der Waals surface area contributed by atoms with Crippen LogP contribution in [0.1, 0.15) is 38.7 Å². The summed E-state index contributed by atoms with van der Waals surface area (Å²) in [7, 11) is -3.50. The lowest BCUT2D eigenvalue weighted by Crippen LogP contribution is -2.45. The highest BCUT2D eigenvalue weighted by atomic mass is 32.2. The molecule has 0 aliphatic carbocycles. The Morgan fingerprint density at radius 2 is 1.84 bits per heavy atom. The van der Waals surface area contributed by atoms with Crippen LogP contribution in [0.4, 0.5) is 0 Å². The molecule has 1 fully saturated rings. The first kappa shape index (κ1) is 19.2. The fourth-order valence-electron chi connectivity index (χ4n) is 3.44. The Kier molecular flexibility index (Phi) is 5.81. The summed E-state index contributed by atoms with van der Waals surface area (Å²) in [6.07, 6.45) is 6.99. The molecular formula is C19H27NO2S3. The van der Waals surface area contributed by atoms with Crippen molar-refractivity contribution in [2.45, 2.75) is 55.1 Å². The number of sulfonamides is 1. The predicted octanol–water partition coefficient (Wildman–Crippen LogP) is 4.88. The zero-order valence-corrected chi connectivity index (χ0v) is 17.6. The lowest BCUT2D eigenvalue weighted by Gasteiger charge is -2.44. The second-order valence-electron chi connectivity index (χ2n) is 7.31. The van der Waals surface area contributed by atoms with Gasteiger partial charge in [-0.15, -0.1) is 23.5 Å². The molecule has 1 aromatic rings. The third kappa shape index (κ3) is 4.22. The van der Waals surface area contributed by atoms with Crippen molar-refractivity contribution >= 4 is 33.5 Å². The van der Waals surface area contributed by atoms with Crippen LogP contribution in [0.3, 0.4) is 0 Å². The van der Waals surface area contributed by atoms with Gasteiger partial charge in [0.15, 0.2) is 0 Å². The molecule has 3 rings (SSSR count). The summed E-state index contributed by atoms with van der Waals surface area (Å²) in [4.78, 5) is 0.386. The molecule has 25 heavy (non-hydrogen) atoms. The molecule has 6 heteroatoms. The highest BCUT2D eigenvalue weighted by molar-refractivity contribution is 8.19. The fourth-order valence-corrected chi connectivity index (χ4v) is 8.16. The number of hydrogen-bond acceptors (Lipinski definition) is 4. The molecule has 0 radical (unpaired) electrons. The van der Waals surface area contributed by atoms with E-state index in [0.717, 1.165) is 29.9 Å². The van der Waals surface area contributed by atoms with Crippen molar-refractivity contribution in [3.8, 4) is 0 Å². The van der Waals surface area contributed by atoms with Crippen molar-refractivity contribution in [3.05, 3.63) is 42.1 Å². The maximum Gasteiger partial charge on any atom is 0.264 e. The molecule has 1 atom stereocenters. The molecule has 1 saturated heterocycles. The SMILES string of the molecule is Cc1ccc(S(=O)(=O)N2C=CC3(C[C@@H]2CC(C)C)SCCCS3)cc1. The van der Waals surface area contributed by atoms with E-state index >= 15 is 0 Å². The van der Waals surface area contributed by atoms with Crippen LogP contribution in [0.5, 0.6) is 0 Å². The van der Waals surface area contributed by atoms with Crippen LogP contribution in [-0.2, 0) is 10.0 Å². The first-order valence-electron chi connectivity index (χ1n) is 8.90. The van der Waals surface area contributed by atoms with Gasteiger partial charge >= 0.3 is 0 Å². The maximum atomic E-state index is 13.2. The van der Waals surface area contributed by atoms with Crippen LogP contribution >= 0.6 is 23.5 Å². The van der Waals surface area contributed by atoms with Gasteiger partial charge in [0, 0.05) is 12.2 Å². The minimum Gasteiger partial charge on any atom is -0.270 e. The Morgan fingerprint density at radius 1 is 1.20 bits per heavy atom. The van der Waals surface area contributed by atoms with Gasteiger partial charge < -0.3 is 0 Å². The summed E-state index contributed by atoms with van der Waals surface area (Å²) in [5.74, 6) is 2.79. The summed E-state index contributed by atoms with van der Waals surface area (Å²) in [6.45, 7) is 6.31. The topological polar surface area (TPSA) is 37.4 Å². The Hall–Kier alpha value is -0.590. The molecule has 2 heterocycles. The second kappa shape index (κ2) is 7.57. The van der Waals surface area contributed by atoms with E-state index in [2.05, 4.69) is 19.9 Å². The van der Waals surface area contributed by atoms with Gasteiger partial charge in [0.25, 0.3) is 10.0 Å². The normalized spacial score (nSPS) is 23.4. The van der Waals surface area contributed by atoms with Gasteiger partial charge in [0.05, 0.1) is 8.97 Å². The Labute approximate surface area is 160 Å². The Morgan fingerprint density at radius 3 is 2.44 bits per heavy atom. The third-order valence-corrected chi connectivity index (χ3v) is 9.80. The smallest absolute Gasteiger partial charge is 0.264 e. The molecule has 2 aliphatic heterocycles. The number of nitrogens with zero attached hydrogens (tertiary/aromatic N) is 1. The molecule has 0 N–H and O–H groups in total. The quantitative estimate of drug-likeness (QED) is 0.725. The number of rotatable bonds is 4. The summed E-state index contributed by atoms with van der Waals surface area (Å²) in [6, 6.07) is 7.20. The van der Waals surface area contributed by atoms with Gasteiger partial charge in [-0.3, -0.25) is 4.31 Å². The van der Waals surface area contributed by atoms with Crippen LogP contribution in [0.15, 0.2) is 41.4 Å². The minimum atomic E-state index is -3.50. The van der Waals surface area contributed by atoms with Crippen molar-refractivity contribution in [1.29, 1.82) is 0 Å². The first-order chi connectivity index (χ1) is 11.8. The molecule has 1 spiro atoms. The van der Waals surface area contributed by atoms with Crippen LogP contribution in [-0.4, -0.2) is 34.3 Å². The zero-order valence-electron chi connectivity index (χ0n) is 15.1. The summed E-state index contributed by atoms with van der Waals surface area (Å²) in [5.41, 5.74) is 1.07. The van der Waals surface area contributed by atoms with Crippen LogP contribution in [0.2, 0.25) is 0 Å². The van der Waals surface area contributed by atoms with Gasteiger partial charge in [0.2, 0.25) is 0 Å². The van der Waals surface area contributed by atoms with Gasteiger partial charge in [-0.25, -0.2) is 8.42 Å². The molecule has 0 saturated carbocycles. The lowest BCUT2D eigenvalue weighted by atomic mass is 9.97. The highest BCUT2D eigenvalue weighted by Crippen LogP contribution is 2.50. The molecule has 2 aliphatic rings. The van der Waals surface area contributed by atoms with E-state index in [1.54, 1.807) is 16.4 Å².